The fourth-order valence-corrected chi connectivity index (χ4v) is 2.27. The van der Waals surface area contributed by atoms with E-state index >= 15 is 0 Å². The number of nitrogens with zero attached hydrogens (tertiary/aromatic N) is 1. The van der Waals surface area contributed by atoms with Gasteiger partial charge in [-0.15, -0.1) is 0 Å². The lowest BCUT2D eigenvalue weighted by atomic mass is 9.97. The van der Waals surface area contributed by atoms with Crippen molar-refractivity contribution in [2.45, 2.75) is 38.5 Å². The van der Waals surface area contributed by atoms with Crippen LogP contribution in [-0.4, -0.2) is 16.7 Å². The predicted octanol–water partition coefficient (Wildman–Crippen LogP) is 4.71. The van der Waals surface area contributed by atoms with Crippen molar-refractivity contribution >= 4 is 22.5 Å². The number of hydrogen-bond donors (Lipinski definition) is 1. The molecule has 114 valence electrons. The Morgan fingerprint density at radius 3 is 2.57 bits per heavy atom. The largest absolute Gasteiger partial charge is 0.406 e. The second-order valence-electron chi connectivity index (χ2n) is 5.14. The van der Waals surface area contributed by atoms with Crippen LogP contribution >= 0.6 is 11.6 Å². The zero-order chi connectivity index (χ0) is 15.7. The van der Waals surface area contributed by atoms with Gasteiger partial charge in [0.05, 0.1) is 5.52 Å². The van der Waals surface area contributed by atoms with Gasteiger partial charge in [-0.3, -0.25) is 10.3 Å². The topological polar surface area (TPSA) is 24.9 Å². The molecule has 2 nitrogen and oxygen atoms in total. The molecule has 1 aromatic carbocycles. The molecule has 0 aliphatic rings. The van der Waals surface area contributed by atoms with Crippen LogP contribution in [-0.2, 0) is 6.54 Å². The molecule has 1 unspecified atom stereocenters. The monoisotopic (exact) mass is 316 g/mol. The van der Waals surface area contributed by atoms with Gasteiger partial charge in [-0.25, -0.2) is 0 Å². The Balaban J connectivity index is 2.31. The normalized spacial score (nSPS) is 15.1. The van der Waals surface area contributed by atoms with Gasteiger partial charge in [0.25, 0.3) is 0 Å². The summed E-state index contributed by atoms with van der Waals surface area (Å²) in [6, 6.07) is 6.94. The van der Waals surface area contributed by atoms with Crippen LogP contribution in [0.2, 0.25) is 5.02 Å². The average molecular weight is 317 g/mol. The number of fused-ring (bicyclic) bond motifs is 1. The van der Waals surface area contributed by atoms with Gasteiger partial charge in [0.1, 0.15) is 5.54 Å². The first-order chi connectivity index (χ1) is 9.78. The lowest BCUT2D eigenvalue weighted by Gasteiger charge is -2.32. The summed E-state index contributed by atoms with van der Waals surface area (Å²) in [6.45, 7) is 2.76. The third-order valence-electron chi connectivity index (χ3n) is 3.80. The second-order valence-corrected chi connectivity index (χ2v) is 5.55. The van der Waals surface area contributed by atoms with E-state index in [-0.39, 0.29) is 13.0 Å². The van der Waals surface area contributed by atoms with Crippen molar-refractivity contribution in [3.05, 3.63) is 41.0 Å². The summed E-state index contributed by atoms with van der Waals surface area (Å²) in [4.78, 5) is 4.22. The van der Waals surface area contributed by atoms with Gasteiger partial charge in [-0.05, 0) is 37.1 Å². The fourth-order valence-electron chi connectivity index (χ4n) is 2.06. The molecule has 21 heavy (non-hydrogen) atoms. The van der Waals surface area contributed by atoms with Gasteiger partial charge in [-0.1, -0.05) is 24.6 Å². The molecule has 1 heterocycles. The molecule has 0 saturated heterocycles. The molecule has 1 aromatic heterocycles. The minimum atomic E-state index is -4.31. The Morgan fingerprint density at radius 2 is 1.95 bits per heavy atom. The number of aromatic nitrogens is 1. The van der Waals surface area contributed by atoms with E-state index in [2.05, 4.69) is 10.3 Å². The second kappa shape index (κ2) is 5.81. The van der Waals surface area contributed by atoms with Gasteiger partial charge in [0.15, 0.2) is 0 Å². The zero-order valence-electron chi connectivity index (χ0n) is 11.8. The quantitative estimate of drug-likeness (QED) is 0.883. The van der Waals surface area contributed by atoms with Gasteiger partial charge in [0.2, 0.25) is 0 Å². The molecule has 0 spiro atoms. The molecular formula is C15H16ClF3N2. The van der Waals surface area contributed by atoms with Crippen molar-refractivity contribution in [3.8, 4) is 0 Å². The Bertz CT molecular complexity index is 642. The number of rotatable bonds is 4. The average Bonchev–Trinajstić information content (AvgIpc) is 2.45. The number of benzene rings is 1. The molecule has 0 radical (unpaired) electrons. The van der Waals surface area contributed by atoms with Gasteiger partial charge >= 0.3 is 6.18 Å². The molecular weight excluding hydrogens is 301 g/mol. The Labute approximate surface area is 126 Å². The summed E-state index contributed by atoms with van der Waals surface area (Å²) in [5, 5.41) is 3.88. The highest BCUT2D eigenvalue weighted by atomic mass is 35.5. The highest BCUT2D eigenvalue weighted by Crippen LogP contribution is 2.33. The van der Waals surface area contributed by atoms with Gasteiger partial charge < -0.3 is 0 Å². The smallest absolute Gasteiger partial charge is 0.300 e. The molecule has 0 aliphatic heterocycles. The van der Waals surface area contributed by atoms with Gasteiger partial charge in [-0.2, -0.15) is 13.2 Å². The predicted molar refractivity (Wildman–Crippen MR) is 78.3 cm³/mol. The number of hydrogen-bond acceptors (Lipinski definition) is 2. The number of nitrogens with one attached hydrogen (secondary N) is 1. The van der Waals surface area contributed by atoms with Crippen LogP contribution in [0.3, 0.4) is 0 Å². The van der Waals surface area contributed by atoms with Crippen LogP contribution in [0.4, 0.5) is 13.2 Å². The first kappa shape index (κ1) is 16.0. The zero-order valence-corrected chi connectivity index (χ0v) is 12.5. The summed E-state index contributed by atoms with van der Waals surface area (Å²) in [5.41, 5.74) is -0.606. The maximum Gasteiger partial charge on any atom is 0.406 e. The van der Waals surface area contributed by atoms with Crippen LogP contribution in [0.15, 0.2) is 30.5 Å². The van der Waals surface area contributed by atoms with E-state index in [0.717, 1.165) is 5.39 Å². The molecule has 0 aliphatic carbocycles. The van der Waals surface area contributed by atoms with E-state index in [1.54, 1.807) is 30.5 Å². The molecule has 2 aromatic rings. The standard InChI is InChI=1S/C15H16ClF3N2/c1-3-14(2,15(17,18)19)21-9-10-6-7-12(16)11-5-4-8-20-13(10)11/h4-8,21H,3,9H2,1-2H3. The highest BCUT2D eigenvalue weighted by Gasteiger charge is 2.49. The van der Waals surface area contributed by atoms with Crippen molar-refractivity contribution in [3.63, 3.8) is 0 Å². The summed E-state index contributed by atoms with van der Waals surface area (Å²) in [5.74, 6) is 0. The highest BCUT2D eigenvalue weighted by molar-refractivity contribution is 6.35. The van der Waals surface area contributed by atoms with E-state index in [1.807, 2.05) is 0 Å². The number of alkyl halides is 3. The van der Waals surface area contributed by atoms with Crippen molar-refractivity contribution in [2.24, 2.45) is 0 Å². The minimum absolute atomic E-state index is 0.0462. The van der Waals surface area contributed by atoms with Crippen molar-refractivity contribution in [2.75, 3.05) is 0 Å². The SMILES string of the molecule is CCC(C)(NCc1ccc(Cl)c2cccnc12)C(F)(F)F. The van der Waals surface area contributed by atoms with Crippen molar-refractivity contribution < 1.29 is 13.2 Å². The number of pyridine rings is 1. The summed E-state index contributed by atoms with van der Waals surface area (Å²) >= 11 is 6.08. The summed E-state index contributed by atoms with van der Waals surface area (Å²) in [7, 11) is 0. The molecule has 0 saturated carbocycles. The maximum atomic E-state index is 13.1. The molecule has 0 fully saturated rings. The number of halogens is 4. The molecule has 2 rings (SSSR count). The first-order valence-corrected chi connectivity index (χ1v) is 7.00. The molecule has 0 bridgehead atoms. The fraction of sp³-hybridized carbons (Fsp3) is 0.400. The van der Waals surface area contributed by atoms with Crippen LogP contribution in [0.5, 0.6) is 0 Å². The van der Waals surface area contributed by atoms with E-state index in [0.29, 0.717) is 16.1 Å². The maximum absolute atomic E-state index is 13.1. The Hall–Kier alpha value is -1.33. The van der Waals surface area contributed by atoms with Crippen LogP contribution < -0.4 is 5.32 Å². The Morgan fingerprint density at radius 1 is 1.24 bits per heavy atom. The summed E-state index contributed by atoms with van der Waals surface area (Å²) < 4.78 is 39.3. The lowest BCUT2D eigenvalue weighted by Crippen LogP contribution is -2.53. The van der Waals surface area contributed by atoms with Gasteiger partial charge in [0, 0.05) is 23.2 Å². The van der Waals surface area contributed by atoms with E-state index in [4.69, 9.17) is 11.6 Å². The third-order valence-corrected chi connectivity index (χ3v) is 4.13. The molecule has 6 heteroatoms. The van der Waals surface area contributed by atoms with E-state index in [1.165, 1.54) is 13.8 Å². The molecule has 0 amide bonds. The van der Waals surface area contributed by atoms with Crippen LogP contribution in [0.25, 0.3) is 10.9 Å². The lowest BCUT2D eigenvalue weighted by molar-refractivity contribution is -0.192. The first-order valence-electron chi connectivity index (χ1n) is 6.62. The minimum Gasteiger partial charge on any atom is -0.300 e. The van der Waals surface area contributed by atoms with E-state index in [9.17, 15) is 13.2 Å². The van der Waals surface area contributed by atoms with E-state index < -0.39 is 11.7 Å². The molecule has 1 atom stereocenters. The van der Waals surface area contributed by atoms with Crippen molar-refractivity contribution in [1.29, 1.82) is 0 Å². The van der Waals surface area contributed by atoms with Crippen LogP contribution in [0, 0.1) is 0 Å². The van der Waals surface area contributed by atoms with Crippen molar-refractivity contribution in [1.82, 2.24) is 10.3 Å². The molecule has 1 N–H and O–H groups in total. The summed E-state index contributed by atoms with van der Waals surface area (Å²) in [6.07, 6.45) is -2.75. The Kier molecular flexibility index (Phi) is 4.44. The van der Waals surface area contributed by atoms with Crippen LogP contribution in [0.1, 0.15) is 25.8 Å². The third kappa shape index (κ3) is 3.14.